The van der Waals surface area contributed by atoms with Gasteiger partial charge in [-0.05, 0) is 24.6 Å². The van der Waals surface area contributed by atoms with Crippen molar-refractivity contribution in [3.8, 4) is 0 Å². The van der Waals surface area contributed by atoms with Gasteiger partial charge >= 0.3 is 6.18 Å². The minimum atomic E-state index is -4.59. The van der Waals surface area contributed by atoms with Gasteiger partial charge in [0.2, 0.25) is 0 Å². The molecule has 1 saturated heterocycles. The number of hydrogen-bond acceptors (Lipinski definition) is 6. The minimum absolute atomic E-state index is 0.0344. The van der Waals surface area contributed by atoms with Crippen LogP contribution in [0.2, 0.25) is 0 Å². The molecule has 4 N–H and O–H groups in total. The molecule has 0 bridgehead atoms. The lowest BCUT2D eigenvalue weighted by molar-refractivity contribution is -0.141. The molecule has 0 amide bonds. The fraction of sp³-hybridized carbons (Fsp3) is 0.467. The van der Waals surface area contributed by atoms with E-state index in [1.807, 2.05) is 0 Å². The van der Waals surface area contributed by atoms with Crippen LogP contribution in [0.5, 0.6) is 0 Å². The van der Waals surface area contributed by atoms with E-state index in [1.165, 1.54) is 13.0 Å². The number of fused-ring (bicyclic) bond motifs is 1. The van der Waals surface area contributed by atoms with Gasteiger partial charge in [-0.15, -0.1) is 0 Å². The molecule has 0 aromatic carbocycles. The van der Waals surface area contributed by atoms with Crippen LogP contribution in [0.4, 0.5) is 13.2 Å². The molecule has 0 saturated carbocycles. The van der Waals surface area contributed by atoms with E-state index in [9.17, 15) is 23.4 Å². The third-order valence-corrected chi connectivity index (χ3v) is 4.54. The summed E-state index contributed by atoms with van der Waals surface area (Å²) < 4.78 is 44.1. The van der Waals surface area contributed by atoms with Gasteiger partial charge in [-0.3, -0.25) is 0 Å². The number of ether oxygens (including phenoxy) is 1. The maximum Gasteiger partial charge on any atom is 0.433 e. The van der Waals surface area contributed by atoms with E-state index in [0.717, 1.165) is 6.07 Å². The van der Waals surface area contributed by atoms with Gasteiger partial charge in [-0.25, -0.2) is 4.98 Å². The quantitative estimate of drug-likeness (QED) is 0.597. The highest BCUT2D eigenvalue weighted by Gasteiger charge is 2.43. The van der Waals surface area contributed by atoms with Crippen molar-refractivity contribution in [2.45, 2.75) is 37.5 Å². The summed E-state index contributed by atoms with van der Waals surface area (Å²) in [5.74, 6) is 0. The van der Waals surface area contributed by atoms with Crippen LogP contribution in [0.3, 0.4) is 0 Å². The van der Waals surface area contributed by atoms with Crippen molar-refractivity contribution in [2.75, 3.05) is 6.61 Å². The predicted octanol–water partition coefficient (Wildman–Crippen LogP) is 1.77. The molecule has 4 atom stereocenters. The first-order valence-corrected chi connectivity index (χ1v) is 7.78. The first-order chi connectivity index (χ1) is 11.6. The zero-order valence-electron chi connectivity index (χ0n) is 12.9. The number of nitrogens with zero attached hydrogens (tertiary/aromatic N) is 1. The summed E-state index contributed by atoms with van der Waals surface area (Å²) in [6, 6.07) is 2.40. The number of aliphatic hydroxyl groups is 3. The Balaban J connectivity index is 2.12. The number of pyridine rings is 2. The van der Waals surface area contributed by atoms with Crippen molar-refractivity contribution in [3.05, 3.63) is 33.6 Å². The lowest BCUT2D eigenvalue weighted by Gasteiger charge is -2.17. The maximum atomic E-state index is 12.9. The summed E-state index contributed by atoms with van der Waals surface area (Å²) in [7, 11) is 0. The van der Waals surface area contributed by atoms with Crippen molar-refractivity contribution in [3.63, 3.8) is 0 Å². The fourth-order valence-electron chi connectivity index (χ4n) is 2.87. The average Bonchev–Trinajstić information content (AvgIpc) is 2.81. The SMILES string of the molecule is Cc1cc(C(F)(F)F)nc2[nH]c(=S)c([C@@H]3O[C@H](CO)C(O)[C@@H]3O)cc12. The van der Waals surface area contributed by atoms with Crippen molar-refractivity contribution in [2.24, 2.45) is 0 Å². The Morgan fingerprint density at radius 1 is 1.28 bits per heavy atom. The van der Waals surface area contributed by atoms with Crippen LogP contribution < -0.4 is 0 Å². The zero-order chi connectivity index (χ0) is 18.5. The summed E-state index contributed by atoms with van der Waals surface area (Å²) in [5, 5.41) is 29.5. The normalized spacial score (nSPS) is 27.2. The van der Waals surface area contributed by atoms with E-state index in [4.69, 9.17) is 22.1 Å². The Morgan fingerprint density at radius 2 is 1.96 bits per heavy atom. The lowest BCUT2D eigenvalue weighted by atomic mass is 10.0. The number of aromatic nitrogens is 2. The number of aryl methyl sites for hydroxylation is 1. The molecule has 0 radical (unpaired) electrons. The molecule has 0 spiro atoms. The number of alkyl halides is 3. The molecule has 2 aromatic rings. The fourth-order valence-corrected chi connectivity index (χ4v) is 3.15. The summed E-state index contributed by atoms with van der Waals surface area (Å²) in [6.45, 7) is 1.01. The van der Waals surface area contributed by atoms with Crippen molar-refractivity contribution in [1.29, 1.82) is 0 Å². The van der Waals surface area contributed by atoms with E-state index >= 15 is 0 Å². The highest BCUT2D eigenvalue weighted by molar-refractivity contribution is 7.71. The Bertz CT molecular complexity index is 870. The van der Waals surface area contributed by atoms with Gasteiger partial charge in [0.1, 0.15) is 40.4 Å². The maximum absolute atomic E-state index is 12.9. The first-order valence-electron chi connectivity index (χ1n) is 7.37. The van der Waals surface area contributed by atoms with Crippen LogP contribution in [0.25, 0.3) is 11.0 Å². The van der Waals surface area contributed by atoms with E-state index in [1.54, 1.807) is 0 Å². The Kier molecular flexibility index (Phi) is 4.58. The smallest absolute Gasteiger partial charge is 0.394 e. The monoisotopic (exact) mass is 376 g/mol. The van der Waals surface area contributed by atoms with Crippen LogP contribution in [-0.4, -0.2) is 50.2 Å². The van der Waals surface area contributed by atoms with E-state index in [0.29, 0.717) is 16.5 Å². The van der Waals surface area contributed by atoms with Crippen LogP contribution >= 0.6 is 12.2 Å². The standard InChI is InChI=1S/C15H15F3N2O4S/c1-5-2-9(15(16,17)18)19-13-6(5)3-7(14(25)20-13)12-11(23)10(22)8(4-21)24-12/h2-3,8,10-12,21-23H,4H2,1H3,(H,19,20,25)/t8-,10?,11+,12+/m1/s1. The van der Waals surface area contributed by atoms with Crippen molar-refractivity contribution >= 4 is 23.3 Å². The third-order valence-electron chi connectivity index (χ3n) is 4.20. The van der Waals surface area contributed by atoms with Gasteiger partial charge in [0.15, 0.2) is 0 Å². The second kappa shape index (κ2) is 6.29. The number of H-pyrrole nitrogens is 1. The van der Waals surface area contributed by atoms with Crippen LogP contribution in [-0.2, 0) is 10.9 Å². The Morgan fingerprint density at radius 3 is 2.52 bits per heavy atom. The number of halogens is 3. The molecular weight excluding hydrogens is 361 g/mol. The van der Waals surface area contributed by atoms with Crippen molar-refractivity contribution in [1.82, 2.24) is 9.97 Å². The molecule has 10 heteroatoms. The molecule has 3 heterocycles. The Labute approximate surface area is 144 Å². The molecule has 25 heavy (non-hydrogen) atoms. The highest BCUT2D eigenvalue weighted by Crippen LogP contribution is 2.36. The minimum Gasteiger partial charge on any atom is -0.394 e. The molecule has 1 aliphatic heterocycles. The lowest BCUT2D eigenvalue weighted by Crippen LogP contribution is -2.32. The molecule has 1 fully saturated rings. The Hall–Kier alpha value is -1.59. The van der Waals surface area contributed by atoms with Gasteiger partial charge in [0, 0.05) is 10.9 Å². The van der Waals surface area contributed by atoms with Crippen LogP contribution in [0.15, 0.2) is 12.1 Å². The predicted molar refractivity (Wildman–Crippen MR) is 83.4 cm³/mol. The largest absolute Gasteiger partial charge is 0.433 e. The van der Waals surface area contributed by atoms with Gasteiger partial charge < -0.3 is 25.0 Å². The molecule has 1 aliphatic rings. The summed E-state index contributed by atoms with van der Waals surface area (Å²) in [4.78, 5) is 6.19. The topological polar surface area (TPSA) is 98.6 Å². The summed E-state index contributed by atoms with van der Waals surface area (Å²) >= 11 is 5.15. The molecule has 6 nitrogen and oxygen atoms in total. The second-order valence-corrected chi connectivity index (χ2v) is 6.31. The number of hydrogen-bond donors (Lipinski definition) is 4. The highest BCUT2D eigenvalue weighted by atomic mass is 32.1. The first kappa shape index (κ1) is 18.2. The molecule has 2 aromatic heterocycles. The van der Waals surface area contributed by atoms with Gasteiger partial charge in [-0.2, -0.15) is 13.2 Å². The number of aromatic amines is 1. The summed E-state index contributed by atoms with van der Waals surface area (Å²) in [6.07, 6.45) is -9.20. The van der Waals surface area contributed by atoms with Crippen LogP contribution in [0, 0.1) is 11.6 Å². The van der Waals surface area contributed by atoms with Gasteiger partial charge in [0.05, 0.1) is 6.61 Å². The van der Waals surface area contributed by atoms with Gasteiger partial charge in [-0.1, -0.05) is 12.2 Å². The molecule has 136 valence electrons. The average molecular weight is 376 g/mol. The van der Waals surface area contributed by atoms with Gasteiger partial charge in [0.25, 0.3) is 0 Å². The number of aliphatic hydroxyl groups excluding tert-OH is 3. The van der Waals surface area contributed by atoms with E-state index < -0.39 is 42.9 Å². The molecule has 1 unspecified atom stereocenters. The molecular formula is C15H15F3N2O4S. The van der Waals surface area contributed by atoms with E-state index in [2.05, 4.69) is 9.97 Å². The van der Waals surface area contributed by atoms with Crippen molar-refractivity contribution < 1.29 is 33.2 Å². The number of nitrogens with one attached hydrogen (secondary N) is 1. The summed E-state index contributed by atoms with van der Waals surface area (Å²) in [5.41, 5.74) is -0.456. The number of rotatable bonds is 2. The zero-order valence-corrected chi connectivity index (χ0v) is 13.7. The van der Waals surface area contributed by atoms with E-state index in [-0.39, 0.29) is 10.3 Å². The molecule has 3 rings (SSSR count). The molecule has 0 aliphatic carbocycles. The third kappa shape index (κ3) is 3.15. The second-order valence-electron chi connectivity index (χ2n) is 5.90. The van der Waals surface area contributed by atoms with Crippen LogP contribution in [0.1, 0.15) is 22.9 Å².